The number of pyridine rings is 1. The van der Waals surface area contributed by atoms with Crippen LogP contribution < -0.4 is 11.1 Å². The summed E-state index contributed by atoms with van der Waals surface area (Å²) in [6, 6.07) is 2.00. The molecule has 2 aromatic rings. The van der Waals surface area contributed by atoms with E-state index < -0.39 is 0 Å². The predicted molar refractivity (Wildman–Crippen MR) is 82.3 cm³/mol. The molecule has 1 amide bonds. The Morgan fingerprint density at radius 1 is 1.40 bits per heavy atom. The van der Waals surface area contributed by atoms with Crippen molar-refractivity contribution in [1.29, 1.82) is 0 Å². The summed E-state index contributed by atoms with van der Waals surface area (Å²) < 4.78 is 1.05. The van der Waals surface area contributed by atoms with E-state index in [1.807, 2.05) is 24.8 Å². The predicted octanol–water partition coefficient (Wildman–Crippen LogP) is 1.54. The normalized spacial score (nSPS) is 15.8. The number of nitrogens with one attached hydrogen (secondary N) is 1. The van der Waals surface area contributed by atoms with E-state index in [9.17, 15) is 4.79 Å². The molecule has 1 saturated heterocycles. The summed E-state index contributed by atoms with van der Waals surface area (Å²) in [6.45, 7) is 7.07. The van der Waals surface area contributed by atoms with Crippen molar-refractivity contribution >= 4 is 33.0 Å². The first-order valence-electron chi connectivity index (χ1n) is 6.74. The minimum absolute atomic E-state index is 0.0438. The van der Waals surface area contributed by atoms with Gasteiger partial charge in [-0.3, -0.25) is 9.78 Å². The highest BCUT2D eigenvalue weighted by molar-refractivity contribution is 7.21. The van der Waals surface area contributed by atoms with Crippen molar-refractivity contribution in [3.8, 4) is 0 Å². The van der Waals surface area contributed by atoms with Crippen LogP contribution in [0.25, 0.3) is 10.1 Å². The van der Waals surface area contributed by atoms with Crippen LogP contribution in [-0.2, 0) is 0 Å². The lowest BCUT2D eigenvalue weighted by molar-refractivity contribution is 0.0742. The Hall–Kier alpha value is -1.66. The quantitative estimate of drug-likeness (QED) is 0.836. The second-order valence-electron chi connectivity index (χ2n) is 5.11. The zero-order chi connectivity index (χ0) is 14.3. The summed E-state index contributed by atoms with van der Waals surface area (Å²) in [5.41, 5.74) is 8.64. The van der Waals surface area contributed by atoms with Crippen LogP contribution in [0.5, 0.6) is 0 Å². The lowest BCUT2D eigenvalue weighted by Crippen LogP contribution is -2.46. The van der Waals surface area contributed by atoms with Gasteiger partial charge in [0, 0.05) is 47.7 Å². The number of carbonyl (C=O) groups is 1. The number of aromatic nitrogens is 1. The van der Waals surface area contributed by atoms with Gasteiger partial charge in [0.15, 0.2) is 0 Å². The van der Waals surface area contributed by atoms with Gasteiger partial charge in [-0.25, -0.2) is 0 Å². The molecule has 2 aromatic heterocycles. The molecule has 1 fully saturated rings. The van der Waals surface area contributed by atoms with Gasteiger partial charge in [-0.2, -0.15) is 0 Å². The van der Waals surface area contributed by atoms with Gasteiger partial charge in [-0.1, -0.05) is 0 Å². The first-order chi connectivity index (χ1) is 9.58. The van der Waals surface area contributed by atoms with Crippen molar-refractivity contribution in [3.05, 3.63) is 22.3 Å². The Kier molecular flexibility index (Phi) is 3.35. The average Bonchev–Trinajstić information content (AvgIpc) is 2.76. The highest BCUT2D eigenvalue weighted by atomic mass is 32.1. The van der Waals surface area contributed by atoms with Crippen molar-refractivity contribution in [1.82, 2.24) is 15.2 Å². The Labute approximate surface area is 121 Å². The molecule has 3 rings (SSSR count). The van der Waals surface area contributed by atoms with Crippen LogP contribution in [0.4, 0.5) is 5.69 Å². The summed E-state index contributed by atoms with van der Waals surface area (Å²) in [6.07, 6.45) is 0. The summed E-state index contributed by atoms with van der Waals surface area (Å²) in [4.78, 5) is 19.6. The van der Waals surface area contributed by atoms with Gasteiger partial charge in [-0.15, -0.1) is 11.3 Å². The van der Waals surface area contributed by atoms with Crippen molar-refractivity contribution in [2.75, 3.05) is 31.9 Å². The minimum Gasteiger partial charge on any atom is -0.397 e. The van der Waals surface area contributed by atoms with E-state index in [-0.39, 0.29) is 5.91 Å². The third kappa shape index (κ3) is 2.14. The molecule has 5 nitrogen and oxygen atoms in total. The van der Waals surface area contributed by atoms with Gasteiger partial charge in [0.25, 0.3) is 5.91 Å². The molecule has 0 aliphatic carbocycles. The first-order valence-corrected chi connectivity index (χ1v) is 7.56. The van der Waals surface area contributed by atoms with Gasteiger partial charge in [0.1, 0.15) is 4.88 Å². The molecular formula is C14H18N4OS. The molecule has 6 heteroatoms. The maximum Gasteiger partial charge on any atom is 0.266 e. The summed E-state index contributed by atoms with van der Waals surface area (Å²) in [5.74, 6) is 0.0438. The first kappa shape index (κ1) is 13.3. The van der Waals surface area contributed by atoms with E-state index in [0.29, 0.717) is 10.6 Å². The summed E-state index contributed by atoms with van der Waals surface area (Å²) in [7, 11) is 0. The number of fused-ring (bicyclic) bond motifs is 1. The lowest BCUT2D eigenvalue weighted by Gasteiger charge is -2.27. The number of thiophene rings is 1. The third-order valence-electron chi connectivity index (χ3n) is 3.62. The number of nitrogens with two attached hydrogens (primary N) is 1. The van der Waals surface area contributed by atoms with E-state index in [1.54, 1.807) is 0 Å². The monoisotopic (exact) mass is 290 g/mol. The van der Waals surface area contributed by atoms with Gasteiger partial charge in [0.2, 0.25) is 0 Å². The molecule has 3 N–H and O–H groups in total. The van der Waals surface area contributed by atoms with Gasteiger partial charge in [0.05, 0.1) is 5.69 Å². The standard InChI is InChI=1S/C14H18N4OS/c1-8-7-10-11(9(2)17-8)12(15)13(20-10)14(19)18-5-3-16-4-6-18/h7,16H,3-6,15H2,1-2H3. The molecule has 1 aliphatic heterocycles. The van der Waals surface area contributed by atoms with Crippen LogP contribution in [0.15, 0.2) is 6.07 Å². The smallest absolute Gasteiger partial charge is 0.266 e. The molecule has 0 saturated carbocycles. The Morgan fingerprint density at radius 3 is 2.80 bits per heavy atom. The number of aryl methyl sites for hydroxylation is 2. The Bertz CT molecular complexity index is 673. The SMILES string of the molecule is Cc1cc2sc(C(=O)N3CCNCC3)c(N)c2c(C)n1. The molecule has 1 aliphatic rings. The number of carbonyl (C=O) groups excluding carboxylic acids is 1. The van der Waals surface area contributed by atoms with Crippen LogP contribution >= 0.6 is 11.3 Å². The van der Waals surface area contributed by atoms with Crippen molar-refractivity contribution in [2.45, 2.75) is 13.8 Å². The number of nitrogens with zero attached hydrogens (tertiary/aromatic N) is 2. The molecule has 0 aromatic carbocycles. The average molecular weight is 290 g/mol. The molecule has 0 spiro atoms. The largest absolute Gasteiger partial charge is 0.397 e. The second-order valence-corrected chi connectivity index (χ2v) is 6.16. The molecule has 0 bridgehead atoms. The Balaban J connectivity index is 2.05. The van der Waals surface area contributed by atoms with Crippen LogP contribution in [0.3, 0.4) is 0 Å². The fraction of sp³-hybridized carbons (Fsp3) is 0.429. The zero-order valence-electron chi connectivity index (χ0n) is 11.7. The maximum absolute atomic E-state index is 12.6. The number of anilines is 1. The van der Waals surface area contributed by atoms with Crippen LogP contribution in [0, 0.1) is 13.8 Å². The summed E-state index contributed by atoms with van der Waals surface area (Å²) >= 11 is 1.48. The van der Waals surface area contributed by atoms with Crippen LogP contribution in [-0.4, -0.2) is 42.0 Å². The highest BCUT2D eigenvalue weighted by Gasteiger charge is 2.24. The minimum atomic E-state index is 0.0438. The number of hydrogen-bond acceptors (Lipinski definition) is 5. The number of rotatable bonds is 1. The fourth-order valence-electron chi connectivity index (χ4n) is 2.65. The van der Waals surface area contributed by atoms with E-state index in [0.717, 1.165) is 47.7 Å². The molecule has 106 valence electrons. The number of nitrogen functional groups attached to an aromatic ring is 1. The maximum atomic E-state index is 12.6. The third-order valence-corrected chi connectivity index (χ3v) is 4.76. The zero-order valence-corrected chi connectivity index (χ0v) is 12.5. The van der Waals surface area contributed by atoms with E-state index in [4.69, 9.17) is 5.73 Å². The number of amides is 1. The van der Waals surface area contributed by atoms with Crippen LogP contribution in [0.2, 0.25) is 0 Å². The van der Waals surface area contributed by atoms with Crippen molar-refractivity contribution < 1.29 is 4.79 Å². The molecule has 3 heterocycles. The van der Waals surface area contributed by atoms with Crippen molar-refractivity contribution in [2.24, 2.45) is 0 Å². The Morgan fingerprint density at radius 2 is 2.10 bits per heavy atom. The highest BCUT2D eigenvalue weighted by Crippen LogP contribution is 2.36. The summed E-state index contributed by atoms with van der Waals surface area (Å²) in [5, 5.41) is 4.18. The van der Waals surface area contributed by atoms with Crippen LogP contribution in [0.1, 0.15) is 21.1 Å². The van der Waals surface area contributed by atoms with E-state index in [2.05, 4.69) is 10.3 Å². The van der Waals surface area contributed by atoms with Crippen molar-refractivity contribution in [3.63, 3.8) is 0 Å². The molecule has 0 atom stereocenters. The van der Waals surface area contributed by atoms with Gasteiger partial charge in [-0.05, 0) is 19.9 Å². The topological polar surface area (TPSA) is 71.2 Å². The van der Waals surface area contributed by atoms with Gasteiger partial charge < -0.3 is 16.0 Å². The molecule has 0 radical (unpaired) electrons. The molecular weight excluding hydrogens is 272 g/mol. The fourth-order valence-corrected chi connectivity index (χ4v) is 3.89. The van der Waals surface area contributed by atoms with E-state index >= 15 is 0 Å². The number of piperazine rings is 1. The second kappa shape index (κ2) is 5.03. The van der Waals surface area contributed by atoms with E-state index in [1.165, 1.54) is 11.3 Å². The number of hydrogen-bond donors (Lipinski definition) is 2. The molecule has 0 unspecified atom stereocenters. The lowest BCUT2D eigenvalue weighted by atomic mass is 10.2. The van der Waals surface area contributed by atoms with Gasteiger partial charge >= 0.3 is 0 Å². The molecule has 20 heavy (non-hydrogen) atoms.